The number of hydrogen-bond donors (Lipinski definition) is 2. The number of halogens is 1. The van der Waals surface area contributed by atoms with E-state index in [4.69, 9.17) is 16.3 Å². The van der Waals surface area contributed by atoms with E-state index in [1.165, 1.54) is 0 Å². The molecule has 142 valence electrons. The van der Waals surface area contributed by atoms with Gasteiger partial charge in [-0.3, -0.25) is 9.59 Å². The summed E-state index contributed by atoms with van der Waals surface area (Å²) in [5.74, 6) is -0.751. The second-order valence-electron chi connectivity index (χ2n) is 6.06. The molecule has 3 aromatic rings. The summed E-state index contributed by atoms with van der Waals surface area (Å²) in [6, 6.07) is 23.6. The van der Waals surface area contributed by atoms with Crippen LogP contribution < -0.4 is 15.4 Å². The minimum absolute atomic E-state index is 0.296. The Hall–Kier alpha value is -3.31. The van der Waals surface area contributed by atoms with Gasteiger partial charge in [0.25, 0.3) is 0 Å². The molecule has 28 heavy (non-hydrogen) atoms. The molecule has 6 heteroatoms. The van der Waals surface area contributed by atoms with Crippen LogP contribution in [0.4, 0.5) is 5.69 Å². The molecule has 0 aliphatic carbocycles. The van der Waals surface area contributed by atoms with Crippen LogP contribution in [-0.2, 0) is 22.7 Å². The van der Waals surface area contributed by atoms with Crippen LogP contribution in [0.15, 0.2) is 78.9 Å². The van der Waals surface area contributed by atoms with Gasteiger partial charge in [-0.25, -0.2) is 0 Å². The average Bonchev–Trinajstić information content (AvgIpc) is 2.73. The Morgan fingerprint density at radius 2 is 1.46 bits per heavy atom. The molecule has 0 aliphatic heterocycles. The molecule has 0 aliphatic rings. The van der Waals surface area contributed by atoms with Crippen LogP contribution in [-0.4, -0.2) is 11.8 Å². The van der Waals surface area contributed by atoms with Crippen molar-refractivity contribution in [3.63, 3.8) is 0 Å². The summed E-state index contributed by atoms with van der Waals surface area (Å²) < 4.78 is 5.69. The monoisotopic (exact) mass is 394 g/mol. The van der Waals surface area contributed by atoms with Crippen LogP contribution in [0.1, 0.15) is 11.1 Å². The first kappa shape index (κ1) is 19.5. The molecule has 0 saturated carbocycles. The average molecular weight is 395 g/mol. The highest BCUT2D eigenvalue weighted by Crippen LogP contribution is 2.18. The molecule has 0 spiro atoms. The Bertz CT molecular complexity index is 926. The Labute approximate surface area is 168 Å². The molecule has 0 bridgehead atoms. The first-order valence-electron chi connectivity index (χ1n) is 8.70. The second kappa shape index (κ2) is 9.58. The molecule has 0 atom stereocenters. The van der Waals surface area contributed by atoms with E-state index in [1.54, 1.807) is 24.3 Å². The van der Waals surface area contributed by atoms with Gasteiger partial charge in [-0.15, -0.1) is 0 Å². The fourth-order valence-electron chi connectivity index (χ4n) is 2.43. The predicted molar refractivity (Wildman–Crippen MR) is 109 cm³/mol. The Morgan fingerprint density at radius 1 is 0.786 bits per heavy atom. The summed E-state index contributed by atoms with van der Waals surface area (Å²) in [6.07, 6.45) is 0. The molecule has 0 aromatic heterocycles. The van der Waals surface area contributed by atoms with E-state index in [9.17, 15) is 9.59 Å². The van der Waals surface area contributed by atoms with Crippen molar-refractivity contribution in [1.29, 1.82) is 0 Å². The van der Waals surface area contributed by atoms with Gasteiger partial charge in [0.2, 0.25) is 0 Å². The first-order chi connectivity index (χ1) is 13.6. The van der Waals surface area contributed by atoms with Gasteiger partial charge in [0, 0.05) is 17.3 Å². The van der Waals surface area contributed by atoms with E-state index < -0.39 is 11.8 Å². The molecule has 0 heterocycles. The third kappa shape index (κ3) is 5.86. The van der Waals surface area contributed by atoms with E-state index in [0.717, 1.165) is 11.1 Å². The molecule has 3 rings (SSSR count). The number of hydrogen-bond acceptors (Lipinski definition) is 3. The fourth-order valence-corrected chi connectivity index (χ4v) is 2.55. The number of rotatable bonds is 6. The number of anilines is 1. The van der Waals surface area contributed by atoms with E-state index >= 15 is 0 Å². The zero-order valence-electron chi connectivity index (χ0n) is 15.0. The van der Waals surface area contributed by atoms with Crippen LogP contribution in [0, 0.1) is 0 Å². The van der Waals surface area contributed by atoms with Crippen LogP contribution in [0.5, 0.6) is 5.75 Å². The van der Waals surface area contributed by atoms with Crippen molar-refractivity contribution >= 4 is 29.1 Å². The molecular weight excluding hydrogens is 376 g/mol. The van der Waals surface area contributed by atoms with Crippen molar-refractivity contribution in [2.24, 2.45) is 0 Å². The standard InChI is InChI=1S/C22H19ClN2O3/c23-18-8-6-17(7-9-18)15-28-20-12-10-19(11-13-20)25-22(27)21(26)24-14-16-4-2-1-3-5-16/h1-13H,14-15H2,(H,24,26)(H,25,27). The summed E-state index contributed by atoms with van der Waals surface area (Å²) in [5.41, 5.74) is 2.43. The largest absolute Gasteiger partial charge is 0.489 e. The maximum absolute atomic E-state index is 12.0. The summed E-state index contributed by atoms with van der Waals surface area (Å²) >= 11 is 5.86. The number of amides is 2. The lowest BCUT2D eigenvalue weighted by Crippen LogP contribution is -2.34. The smallest absolute Gasteiger partial charge is 0.313 e. The van der Waals surface area contributed by atoms with Crippen molar-refractivity contribution < 1.29 is 14.3 Å². The highest BCUT2D eigenvalue weighted by atomic mass is 35.5. The zero-order chi connectivity index (χ0) is 19.8. The summed E-state index contributed by atoms with van der Waals surface area (Å²) in [5, 5.41) is 5.83. The van der Waals surface area contributed by atoms with Gasteiger partial charge >= 0.3 is 11.8 Å². The lowest BCUT2D eigenvalue weighted by atomic mass is 10.2. The van der Waals surface area contributed by atoms with Gasteiger partial charge in [0.1, 0.15) is 12.4 Å². The zero-order valence-corrected chi connectivity index (χ0v) is 15.8. The number of nitrogens with one attached hydrogen (secondary N) is 2. The van der Waals surface area contributed by atoms with E-state index in [2.05, 4.69) is 10.6 Å². The van der Waals surface area contributed by atoms with Gasteiger partial charge in [0.15, 0.2) is 0 Å². The molecule has 0 saturated heterocycles. The number of carbonyl (C=O) groups excluding carboxylic acids is 2. The molecule has 0 fully saturated rings. The van der Waals surface area contributed by atoms with Crippen molar-refractivity contribution in [3.05, 3.63) is 95.0 Å². The van der Waals surface area contributed by atoms with E-state index in [0.29, 0.717) is 29.6 Å². The maximum Gasteiger partial charge on any atom is 0.313 e. The third-order valence-electron chi connectivity index (χ3n) is 3.93. The SMILES string of the molecule is O=C(NCc1ccccc1)C(=O)Nc1ccc(OCc2ccc(Cl)cc2)cc1. The van der Waals surface area contributed by atoms with Crippen LogP contribution in [0.3, 0.4) is 0 Å². The highest BCUT2D eigenvalue weighted by molar-refractivity contribution is 6.39. The van der Waals surface area contributed by atoms with Gasteiger partial charge in [-0.2, -0.15) is 0 Å². The quantitative estimate of drug-likeness (QED) is 0.616. The molecule has 3 aromatic carbocycles. The Kier molecular flexibility index (Phi) is 6.65. The number of ether oxygens (including phenoxy) is 1. The molecule has 2 amide bonds. The number of benzene rings is 3. The van der Waals surface area contributed by atoms with Crippen LogP contribution in [0.2, 0.25) is 5.02 Å². The predicted octanol–water partition coefficient (Wildman–Crippen LogP) is 4.17. The summed E-state index contributed by atoms with van der Waals surface area (Å²) in [7, 11) is 0. The summed E-state index contributed by atoms with van der Waals surface area (Å²) in [6.45, 7) is 0.704. The van der Waals surface area contributed by atoms with Gasteiger partial charge in [-0.05, 0) is 47.5 Å². The fraction of sp³-hybridized carbons (Fsp3) is 0.0909. The molecule has 5 nitrogen and oxygen atoms in total. The highest BCUT2D eigenvalue weighted by Gasteiger charge is 2.13. The Morgan fingerprint density at radius 3 is 2.14 bits per heavy atom. The molecule has 0 unspecified atom stereocenters. The summed E-state index contributed by atoms with van der Waals surface area (Å²) in [4.78, 5) is 23.9. The van der Waals surface area contributed by atoms with Crippen LogP contribution in [0.25, 0.3) is 0 Å². The molecule has 2 N–H and O–H groups in total. The van der Waals surface area contributed by atoms with Crippen molar-refractivity contribution in [2.75, 3.05) is 5.32 Å². The van der Waals surface area contributed by atoms with Crippen molar-refractivity contribution in [1.82, 2.24) is 5.32 Å². The minimum atomic E-state index is -0.717. The maximum atomic E-state index is 12.0. The number of carbonyl (C=O) groups is 2. The van der Waals surface area contributed by atoms with Gasteiger partial charge < -0.3 is 15.4 Å². The third-order valence-corrected chi connectivity index (χ3v) is 4.19. The topological polar surface area (TPSA) is 67.4 Å². The van der Waals surface area contributed by atoms with E-state index in [1.807, 2.05) is 54.6 Å². The normalized spacial score (nSPS) is 10.2. The second-order valence-corrected chi connectivity index (χ2v) is 6.50. The van der Waals surface area contributed by atoms with Gasteiger partial charge in [0.05, 0.1) is 0 Å². The van der Waals surface area contributed by atoms with Crippen molar-refractivity contribution in [2.45, 2.75) is 13.2 Å². The van der Waals surface area contributed by atoms with E-state index in [-0.39, 0.29) is 0 Å². The first-order valence-corrected chi connectivity index (χ1v) is 9.08. The van der Waals surface area contributed by atoms with Gasteiger partial charge in [-0.1, -0.05) is 54.1 Å². The minimum Gasteiger partial charge on any atom is -0.489 e. The van der Waals surface area contributed by atoms with Crippen LogP contribution >= 0.6 is 11.6 Å². The molecular formula is C22H19ClN2O3. The lowest BCUT2D eigenvalue weighted by molar-refractivity contribution is -0.136. The van der Waals surface area contributed by atoms with Crippen molar-refractivity contribution in [3.8, 4) is 5.75 Å². The lowest BCUT2D eigenvalue weighted by Gasteiger charge is -2.09. The molecule has 0 radical (unpaired) electrons. The Balaban J connectivity index is 1.47.